The monoisotopic (exact) mass is 339 g/mol. The molecule has 2 aromatic carbocycles. The molecule has 0 aliphatic rings. The number of ether oxygens (including phenoxy) is 1. The Morgan fingerprint density at radius 3 is 2.40 bits per heavy atom. The molecule has 0 aliphatic heterocycles. The Morgan fingerprint density at radius 1 is 1.08 bits per heavy atom. The van der Waals surface area contributed by atoms with E-state index < -0.39 is 0 Å². The SMILES string of the molecule is CO[C@H](CNC(=O)Cn1c(=O)n(C)c2ccccc21)c1ccccc1. The van der Waals surface area contributed by atoms with Gasteiger partial charge < -0.3 is 10.1 Å². The maximum Gasteiger partial charge on any atom is 0.329 e. The molecule has 0 spiro atoms. The third kappa shape index (κ3) is 3.49. The molecule has 3 aromatic rings. The van der Waals surface area contributed by atoms with Crippen molar-refractivity contribution in [2.75, 3.05) is 13.7 Å². The first-order valence-electron chi connectivity index (χ1n) is 8.10. The summed E-state index contributed by atoms with van der Waals surface area (Å²) in [6.07, 6.45) is -0.227. The molecule has 1 atom stereocenters. The molecular weight excluding hydrogens is 318 g/mol. The third-order valence-corrected chi connectivity index (χ3v) is 4.29. The van der Waals surface area contributed by atoms with Crippen molar-refractivity contribution in [2.24, 2.45) is 7.05 Å². The fourth-order valence-corrected chi connectivity index (χ4v) is 2.93. The van der Waals surface area contributed by atoms with E-state index in [-0.39, 0.29) is 24.2 Å². The molecule has 0 aliphatic carbocycles. The smallest absolute Gasteiger partial charge is 0.329 e. The van der Waals surface area contributed by atoms with Crippen LogP contribution in [0.3, 0.4) is 0 Å². The molecule has 1 aromatic heterocycles. The van der Waals surface area contributed by atoms with Gasteiger partial charge in [0.2, 0.25) is 5.91 Å². The summed E-state index contributed by atoms with van der Waals surface area (Å²) in [5, 5.41) is 2.85. The van der Waals surface area contributed by atoms with Crippen LogP contribution in [0.5, 0.6) is 0 Å². The van der Waals surface area contributed by atoms with Gasteiger partial charge in [-0.05, 0) is 17.7 Å². The first-order valence-corrected chi connectivity index (χ1v) is 8.10. The fraction of sp³-hybridized carbons (Fsp3) is 0.263. The number of carbonyl (C=O) groups is 1. The minimum atomic E-state index is -0.227. The van der Waals surface area contributed by atoms with E-state index >= 15 is 0 Å². The molecular formula is C19H21N3O3. The number of aryl methyl sites for hydroxylation is 1. The molecule has 1 heterocycles. The molecule has 0 fully saturated rings. The summed E-state index contributed by atoms with van der Waals surface area (Å²) in [7, 11) is 3.31. The molecule has 130 valence electrons. The number of hydrogen-bond acceptors (Lipinski definition) is 3. The Bertz CT molecular complexity index is 928. The highest BCUT2D eigenvalue weighted by atomic mass is 16.5. The van der Waals surface area contributed by atoms with Gasteiger partial charge in [-0.3, -0.25) is 13.9 Å². The van der Waals surface area contributed by atoms with Crippen LogP contribution < -0.4 is 11.0 Å². The number of para-hydroxylation sites is 2. The van der Waals surface area contributed by atoms with Gasteiger partial charge >= 0.3 is 5.69 Å². The van der Waals surface area contributed by atoms with Crippen molar-refractivity contribution in [3.05, 3.63) is 70.6 Å². The van der Waals surface area contributed by atoms with Crippen LogP contribution in [-0.4, -0.2) is 28.7 Å². The quantitative estimate of drug-likeness (QED) is 0.745. The van der Waals surface area contributed by atoms with E-state index in [4.69, 9.17) is 4.74 Å². The van der Waals surface area contributed by atoms with Crippen LogP contribution in [0, 0.1) is 0 Å². The highest BCUT2D eigenvalue weighted by Crippen LogP contribution is 2.15. The zero-order valence-corrected chi connectivity index (χ0v) is 14.3. The zero-order chi connectivity index (χ0) is 17.8. The van der Waals surface area contributed by atoms with E-state index in [2.05, 4.69) is 5.32 Å². The second kappa shape index (κ2) is 7.36. The summed E-state index contributed by atoms with van der Waals surface area (Å²) in [5.74, 6) is -0.226. The van der Waals surface area contributed by atoms with E-state index in [1.807, 2.05) is 54.6 Å². The van der Waals surface area contributed by atoms with E-state index in [0.717, 1.165) is 16.6 Å². The maximum absolute atomic E-state index is 12.4. The van der Waals surface area contributed by atoms with Crippen molar-refractivity contribution in [1.29, 1.82) is 0 Å². The summed E-state index contributed by atoms with van der Waals surface area (Å²) < 4.78 is 8.48. The van der Waals surface area contributed by atoms with Crippen molar-refractivity contribution in [3.63, 3.8) is 0 Å². The van der Waals surface area contributed by atoms with Gasteiger partial charge in [-0.2, -0.15) is 0 Å². The van der Waals surface area contributed by atoms with Crippen molar-refractivity contribution < 1.29 is 9.53 Å². The van der Waals surface area contributed by atoms with Crippen molar-refractivity contribution in [3.8, 4) is 0 Å². The molecule has 25 heavy (non-hydrogen) atoms. The number of methoxy groups -OCH3 is 1. The van der Waals surface area contributed by atoms with Crippen molar-refractivity contribution in [1.82, 2.24) is 14.5 Å². The second-order valence-electron chi connectivity index (χ2n) is 5.86. The maximum atomic E-state index is 12.4. The summed E-state index contributed by atoms with van der Waals surface area (Å²) in [6.45, 7) is 0.324. The van der Waals surface area contributed by atoms with E-state index in [1.54, 1.807) is 18.7 Å². The van der Waals surface area contributed by atoms with Crippen molar-refractivity contribution in [2.45, 2.75) is 12.6 Å². The minimum absolute atomic E-state index is 0.0224. The van der Waals surface area contributed by atoms with Gasteiger partial charge in [-0.1, -0.05) is 42.5 Å². The lowest BCUT2D eigenvalue weighted by Crippen LogP contribution is -2.35. The molecule has 1 N–H and O–H groups in total. The van der Waals surface area contributed by atoms with Crippen LogP contribution >= 0.6 is 0 Å². The average molecular weight is 339 g/mol. The number of nitrogens with one attached hydrogen (secondary N) is 1. The Morgan fingerprint density at radius 2 is 1.72 bits per heavy atom. The minimum Gasteiger partial charge on any atom is -0.375 e. The lowest BCUT2D eigenvalue weighted by Gasteiger charge is -2.16. The Hall–Kier alpha value is -2.86. The number of nitrogens with zero attached hydrogens (tertiary/aromatic N) is 2. The van der Waals surface area contributed by atoms with Gasteiger partial charge in [0, 0.05) is 20.7 Å². The van der Waals surface area contributed by atoms with Gasteiger partial charge in [0.15, 0.2) is 0 Å². The first-order chi connectivity index (χ1) is 12.1. The number of imidazole rings is 1. The van der Waals surface area contributed by atoms with Crippen LogP contribution in [0.15, 0.2) is 59.4 Å². The zero-order valence-electron chi connectivity index (χ0n) is 14.3. The first kappa shape index (κ1) is 17.0. The highest BCUT2D eigenvalue weighted by Gasteiger charge is 2.15. The van der Waals surface area contributed by atoms with Gasteiger partial charge in [-0.15, -0.1) is 0 Å². The molecule has 1 amide bonds. The Balaban J connectivity index is 1.71. The molecule has 0 radical (unpaired) electrons. The molecule has 6 heteroatoms. The number of amides is 1. The lowest BCUT2D eigenvalue weighted by atomic mass is 10.1. The summed E-state index contributed by atoms with van der Waals surface area (Å²) in [4.78, 5) is 24.7. The van der Waals surface area contributed by atoms with Gasteiger partial charge in [0.25, 0.3) is 0 Å². The van der Waals surface area contributed by atoms with Crippen LogP contribution in [0.1, 0.15) is 11.7 Å². The highest BCUT2D eigenvalue weighted by molar-refractivity contribution is 5.80. The van der Waals surface area contributed by atoms with Crippen LogP contribution in [-0.2, 0) is 23.1 Å². The predicted octanol–water partition coefficient (Wildman–Crippen LogP) is 1.84. The largest absolute Gasteiger partial charge is 0.375 e. The average Bonchev–Trinajstić information content (AvgIpc) is 2.88. The number of carbonyl (C=O) groups excluding carboxylic acids is 1. The molecule has 6 nitrogen and oxygen atoms in total. The molecule has 0 unspecified atom stereocenters. The number of aromatic nitrogens is 2. The van der Waals surface area contributed by atoms with Crippen molar-refractivity contribution >= 4 is 16.9 Å². The third-order valence-electron chi connectivity index (χ3n) is 4.29. The lowest BCUT2D eigenvalue weighted by molar-refractivity contribution is -0.122. The van der Waals surface area contributed by atoms with Gasteiger partial charge in [0.05, 0.1) is 17.1 Å². The van der Waals surface area contributed by atoms with Crippen LogP contribution in [0.2, 0.25) is 0 Å². The van der Waals surface area contributed by atoms with Crippen LogP contribution in [0.25, 0.3) is 11.0 Å². The molecule has 3 rings (SSSR count). The van der Waals surface area contributed by atoms with E-state index in [0.29, 0.717) is 6.54 Å². The normalized spacial score (nSPS) is 12.2. The topological polar surface area (TPSA) is 65.3 Å². The number of hydrogen-bond donors (Lipinski definition) is 1. The summed E-state index contributed by atoms with van der Waals surface area (Å²) >= 11 is 0. The number of benzene rings is 2. The Kier molecular flexibility index (Phi) is 5.00. The predicted molar refractivity (Wildman–Crippen MR) is 96.4 cm³/mol. The molecule has 0 bridgehead atoms. The number of fused-ring (bicyclic) bond motifs is 1. The van der Waals surface area contributed by atoms with Crippen LogP contribution in [0.4, 0.5) is 0 Å². The Labute approximate surface area is 145 Å². The standard InChI is InChI=1S/C19H21N3O3/c1-21-15-10-6-7-11-16(15)22(19(21)24)13-18(23)20-12-17(25-2)14-8-4-3-5-9-14/h3-11,17H,12-13H2,1-2H3,(H,20,23)/t17-/m1/s1. The van der Waals surface area contributed by atoms with E-state index in [9.17, 15) is 9.59 Å². The molecule has 0 saturated heterocycles. The summed E-state index contributed by atoms with van der Waals surface area (Å²) in [5.41, 5.74) is 2.34. The molecule has 0 saturated carbocycles. The summed E-state index contributed by atoms with van der Waals surface area (Å²) in [6, 6.07) is 17.1. The fourth-order valence-electron chi connectivity index (χ4n) is 2.93. The second-order valence-corrected chi connectivity index (χ2v) is 5.86. The van der Waals surface area contributed by atoms with Gasteiger partial charge in [-0.25, -0.2) is 4.79 Å². The van der Waals surface area contributed by atoms with Gasteiger partial charge in [0.1, 0.15) is 6.54 Å². The number of rotatable bonds is 6. The van der Waals surface area contributed by atoms with E-state index in [1.165, 1.54) is 4.57 Å².